The van der Waals surface area contributed by atoms with Crippen molar-refractivity contribution in [3.63, 3.8) is 0 Å². The fraction of sp³-hybridized carbons (Fsp3) is 0.0870. The van der Waals surface area contributed by atoms with E-state index in [0.29, 0.717) is 5.56 Å². The first-order chi connectivity index (χ1) is 15.4. The van der Waals surface area contributed by atoms with E-state index in [1.165, 1.54) is 41.3 Å². The zero-order chi connectivity index (χ0) is 22.8. The first-order valence-electron chi connectivity index (χ1n) is 9.58. The number of carbonyl (C=O) groups excluding carboxylic acids is 2. The number of carbonyl (C=O) groups is 2. The molecule has 1 amide bonds. The third kappa shape index (κ3) is 3.79. The van der Waals surface area contributed by atoms with Gasteiger partial charge in [-0.1, -0.05) is 12.1 Å². The van der Waals surface area contributed by atoms with Gasteiger partial charge < -0.3 is 15.1 Å². The SMILES string of the molecule is O=C1C(=O)N(Cc2ccncc2)C(c2ccc(O)cc2)/C1=C(/O)c1ccc([N+](=O)[O-])cc1. The van der Waals surface area contributed by atoms with Crippen LogP contribution < -0.4 is 0 Å². The van der Waals surface area contributed by atoms with Gasteiger partial charge in [-0.15, -0.1) is 0 Å². The number of aliphatic hydroxyl groups excluding tert-OH is 1. The van der Waals surface area contributed by atoms with Gasteiger partial charge in [-0.25, -0.2) is 0 Å². The number of rotatable bonds is 5. The van der Waals surface area contributed by atoms with Crippen LogP contribution in [-0.4, -0.2) is 36.7 Å². The van der Waals surface area contributed by atoms with Crippen LogP contribution in [0.4, 0.5) is 5.69 Å². The molecule has 9 nitrogen and oxygen atoms in total. The van der Waals surface area contributed by atoms with Crippen LogP contribution in [0.3, 0.4) is 0 Å². The number of benzene rings is 2. The smallest absolute Gasteiger partial charge is 0.295 e. The van der Waals surface area contributed by atoms with Gasteiger partial charge in [0.2, 0.25) is 0 Å². The molecule has 3 aromatic rings. The second-order valence-corrected chi connectivity index (χ2v) is 7.18. The molecule has 1 fully saturated rings. The molecule has 4 rings (SSSR count). The lowest BCUT2D eigenvalue weighted by Gasteiger charge is -2.25. The molecular formula is C23H17N3O6. The number of hydrogen-bond donors (Lipinski definition) is 2. The van der Waals surface area contributed by atoms with Crippen molar-refractivity contribution in [1.29, 1.82) is 0 Å². The maximum absolute atomic E-state index is 13.0. The van der Waals surface area contributed by atoms with E-state index < -0.39 is 28.4 Å². The summed E-state index contributed by atoms with van der Waals surface area (Å²) < 4.78 is 0. The van der Waals surface area contributed by atoms with E-state index in [9.17, 15) is 29.9 Å². The minimum atomic E-state index is -0.918. The Labute approximate surface area is 182 Å². The molecule has 0 saturated carbocycles. The molecule has 1 aromatic heterocycles. The van der Waals surface area contributed by atoms with E-state index in [0.717, 1.165) is 5.56 Å². The number of aliphatic hydroxyl groups is 1. The number of nitro groups is 1. The zero-order valence-electron chi connectivity index (χ0n) is 16.6. The molecule has 0 bridgehead atoms. The van der Waals surface area contributed by atoms with Crippen LogP contribution in [0, 0.1) is 10.1 Å². The van der Waals surface area contributed by atoms with Crippen molar-refractivity contribution in [3.8, 4) is 5.75 Å². The molecule has 1 saturated heterocycles. The van der Waals surface area contributed by atoms with E-state index >= 15 is 0 Å². The molecule has 2 aromatic carbocycles. The summed E-state index contributed by atoms with van der Waals surface area (Å²) in [6, 6.07) is 13.5. The fourth-order valence-corrected chi connectivity index (χ4v) is 3.63. The van der Waals surface area contributed by atoms with Gasteiger partial charge >= 0.3 is 0 Å². The summed E-state index contributed by atoms with van der Waals surface area (Å²) in [5, 5.41) is 31.5. The lowest BCUT2D eigenvalue weighted by molar-refractivity contribution is -0.384. The van der Waals surface area contributed by atoms with E-state index in [4.69, 9.17) is 0 Å². The van der Waals surface area contributed by atoms with Gasteiger partial charge in [0.05, 0.1) is 16.5 Å². The number of Topliss-reactive ketones (excluding diaryl/α,β-unsaturated/α-hetero) is 1. The Morgan fingerprint density at radius 1 is 1.00 bits per heavy atom. The molecule has 9 heteroatoms. The lowest BCUT2D eigenvalue weighted by Crippen LogP contribution is -2.29. The molecule has 1 aliphatic rings. The highest BCUT2D eigenvalue weighted by Gasteiger charge is 2.46. The number of ketones is 1. The molecular weight excluding hydrogens is 414 g/mol. The molecule has 0 spiro atoms. The van der Waals surface area contributed by atoms with Crippen molar-refractivity contribution in [2.75, 3.05) is 0 Å². The van der Waals surface area contributed by atoms with E-state index in [2.05, 4.69) is 4.98 Å². The lowest BCUT2D eigenvalue weighted by atomic mass is 9.95. The van der Waals surface area contributed by atoms with Crippen LogP contribution in [0.5, 0.6) is 5.75 Å². The van der Waals surface area contributed by atoms with Crippen molar-refractivity contribution < 1.29 is 24.7 Å². The van der Waals surface area contributed by atoms with Crippen molar-refractivity contribution >= 4 is 23.1 Å². The maximum Gasteiger partial charge on any atom is 0.295 e. The fourth-order valence-electron chi connectivity index (χ4n) is 3.63. The summed E-state index contributed by atoms with van der Waals surface area (Å²) >= 11 is 0. The summed E-state index contributed by atoms with van der Waals surface area (Å²) in [5.41, 5.74) is 1.11. The molecule has 32 heavy (non-hydrogen) atoms. The number of phenolic OH excluding ortho intramolecular Hbond substituents is 1. The number of aromatic nitrogens is 1. The quantitative estimate of drug-likeness (QED) is 0.208. The third-order valence-corrected chi connectivity index (χ3v) is 5.20. The number of nitro benzene ring substituents is 1. The highest BCUT2D eigenvalue weighted by atomic mass is 16.6. The van der Waals surface area contributed by atoms with Gasteiger partial charge in [0.15, 0.2) is 0 Å². The number of non-ortho nitro benzene ring substituents is 1. The Balaban J connectivity index is 1.84. The van der Waals surface area contributed by atoms with Gasteiger partial charge in [-0.3, -0.25) is 24.7 Å². The first-order valence-corrected chi connectivity index (χ1v) is 9.58. The molecule has 0 radical (unpaired) electrons. The largest absolute Gasteiger partial charge is 0.508 e. The Kier molecular flexibility index (Phi) is 5.38. The van der Waals surface area contributed by atoms with Crippen LogP contribution >= 0.6 is 0 Å². The van der Waals surface area contributed by atoms with Crippen LogP contribution in [0.2, 0.25) is 0 Å². The van der Waals surface area contributed by atoms with Gasteiger partial charge in [-0.2, -0.15) is 0 Å². The van der Waals surface area contributed by atoms with Gasteiger partial charge in [0, 0.05) is 36.6 Å². The summed E-state index contributed by atoms with van der Waals surface area (Å²) in [4.78, 5) is 41.5. The molecule has 2 heterocycles. The first kappa shape index (κ1) is 20.7. The van der Waals surface area contributed by atoms with Crippen molar-refractivity contribution in [2.45, 2.75) is 12.6 Å². The Hall–Kier alpha value is -4.53. The van der Waals surface area contributed by atoms with Crippen LogP contribution in [0.25, 0.3) is 5.76 Å². The number of hydrogen-bond acceptors (Lipinski definition) is 7. The zero-order valence-corrected chi connectivity index (χ0v) is 16.6. The van der Waals surface area contributed by atoms with Crippen molar-refractivity contribution in [2.24, 2.45) is 0 Å². The molecule has 0 aliphatic carbocycles. The average molecular weight is 431 g/mol. The van der Waals surface area contributed by atoms with Crippen LogP contribution in [-0.2, 0) is 16.1 Å². The number of phenols is 1. The number of amides is 1. The Morgan fingerprint density at radius 2 is 1.62 bits per heavy atom. The summed E-state index contributed by atoms with van der Waals surface area (Å²) in [7, 11) is 0. The molecule has 2 N–H and O–H groups in total. The molecule has 1 aliphatic heterocycles. The predicted molar refractivity (Wildman–Crippen MR) is 113 cm³/mol. The molecule has 160 valence electrons. The average Bonchev–Trinajstić information content (AvgIpc) is 3.05. The normalized spacial score (nSPS) is 17.5. The number of nitrogens with zero attached hydrogens (tertiary/aromatic N) is 3. The van der Waals surface area contributed by atoms with Crippen molar-refractivity contribution in [3.05, 3.63) is 105 Å². The topological polar surface area (TPSA) is 134 Å². The molecule has 1 unspecified atom stereocenters. The number of aromatic hydroxyl groups is 1. The van der Waals surface area contributed by atoms with Crippen LogP contribution in [0.1, 0.15) is 22.7 Å². The standard InChI is InChI=1S/C23H17N3O6/c27-18-7-3-15(4-8-18)20-19(21(28)16-1-5-17(6-2-16)26(31)32)22(29)23(30)25(20)13-14-9-11-24-12-10-14/h1-12,20,27-28H,13H2/b21-19-. The number of pyridine rings is 1. The highest BCUT2D eigenvalue weighted by Crippen LogP contribution is 2.40. The minimum Gasteiger partial charge on any atom is -0.508 e. The summed E-state index contributed by atoms with van der Waals surface area (Å²) in [5.74, 6) is -2.08. The second kappa shape index (κ2) is 8.31. The third-order valence-electron chi connectivity index (χ3n) is 5.20. The highest BCUT2D eigenvalue weighted by molar-refractivity contribution is 6.46. The Bertz CT molecular complexity index is 1220. The monoisotopic (exact) mass is 431 g/mol. The predicted octanol–water partition coefficient (Wildman–Crippen LogP) is 3.32. The second-order valence-electron chi connectivity index (χ2n) is 7.18. The summed E-state index contributed by atoms with van der Waals surface area (Å²) in [6.07, 6.45) is 3.14. The summed E-state index contributed by atoms with van der Waals surface area (Å²) in [6.45, 7) is 0.0929. The van der Waals surface area contributed by atoms with E-state index in [1.54, 1.807) is 36.7 Å². The molecule has 1 atom stereocenters. The van der Waals surface area contributed by atoms with E-state index in [1.807, 2.05) is 0 Å². The van der Waals surface area contributed by atoms with Gasteiger partial charge in [0.1, 0.15) is 11.5 Å². The number of likely N-dealkylation sites (tertiary alicyclic amines) is 1. The van der Waals surface area contributed by atoms with E-state index in [-0.39, 0.29) is 29.1 Å². The Morgan fingerprint density at radius 3 is 2.22 bits per heavy atom. The maximum atomic E-state index is 13.0. The van der Waals surface area contributed by atoms with Gasteiger partial charge in [0.25, 0.3) is 17.4 Å². The van der Waals surface area contributed by atoms with Crippen molar-refractivity contribution in [1.82, 2.24) is 9.88 Å². The minimum absolute atomic E-state index is 0.00945. The van der Waals surface area contributed by atoms with Gasteiger partial charge in [-0.05, 0) is 47.5 Å². The van der Waals surface area contributed by atoms with Crippen LogP contribution in [0.15, 0.2) is 78.6 Å².